The van der Waals surface area contributed by atoms with Crippen LogP contribution in [0.3, 0.4) is 0 Å². The molecule has 0 aromatic heterocycles. The Balaban J connectivity index is 2.03. The highest BCUT2D eigenvalue weighted by atomic mass is 16.2. The van der Waals surface area contributed by atoms with Crippen LogP contribution in [0.5, 0.6) is 0 Å². The summed E-state index contributed by atoms with van der Waals surface area (Å²) in [7, 11) is 0. The van der Waals surface area contributed by atoms with Gasteiger partial charge in [0.25, 0.3) is 0 Å². The molecule has 1 N–H and O–H groups in total. The number of hydrogen-bond acceptors (Lipinski definition) is 2. The lowest BCUT2D eigenvalue weighted by molar-refractivity contribution is -0.117. The van der Waals surface area contributed by atoms with E-state index in [1.807, 2.05) is 17.0 Å². The average Bonchev–Trinajstić information content (AvgIpc) is 2.76. The number of benzene rings is 1. The molecule has 1 aromatic carbocycles. The molecule has 18 heavy (non-hydrogen) atoms. The first-order valence-corrected chi connectivity index (χ1v) is 6.75. The highest BCUT2D eigenvalue weighted by Gasteiger charge is 2.21. The summed E-state index contributed by atoms with van der Waals surface area (Å²) in [5.74, 6) is 0.844. The predicted octanol–water partition coefficient (Wildman–Crippen LogP) is 3.27. The van der Waals surface area contributed by atoms with Gasteiger partial charge in [0.2, 0.25) is 5.91 Å². The number of rotatable bonds is 4. The maximum Gasteiger partial charge on any atom is 0.227 e. The summed E-state index contributed by atoms with van der Waals surface area (Å²) in [5, 5.41) is 3.47. The Hall–Kier alpha value is -1.51. The lowest BCUT2D eigenvalue weighted by Gasteiger charge is -2.20. The monoisotopic (exact) mass is 246 g/mol. The molecule has 3 nitrogen and oxygen atoms in total. The second-order valence-electron chi connectivity index (χ2n) is 5.37. The van der Waals surface area contributed by atoms with Crippen molar-refractivity contribution in [1.82, 2.24) is 0 Å². The highest BCUT2D eigenvalue weighted by Crippen LogP contribution is 2.23. The molecule has 98 valence electrons. The van der Waals surface area contributed by atoms with Gasteiger partial charge in [-0.15, -0.1) is 0 Å². The van der Waals surface area contributed by atoms with Gasteiger partial charge in [0.1, 0.15) is 0 Å². The second-order valence-corrected chi connectivity index (χ2v) is 5.37. The van der Waals surface area contributed by atoms with Crippen LogP contribution in [-0.4, -0.2) is 18.5 Å². The highest BCUT2D eigenvalue weighted by molar-refractivity contribution is 5.95. The van der Waals surface area contributed by atoms with Crippen molar-refractivity contribution in [2.24, 2.45) is 5.92 Å². The van der Waals surface area contributed by atoms with Crippen molar-refractivity contribution in [2.75, 3.05) is 16.8 Å². The van der Waals surface area contributed by atoms with Gasteiger partial charge in [0, 0.05) is 30.4 Å². The molecule has 1 unspecified atom stereocenters. The van der Waals surface area contributed by atoms with Crippen molar-refractivity contribution in [1.29, 1.82) is 0 Å². The molecule has 1 saturated heterocycles. The van der Waals surface area contributed by atoms with Gasteiger partial charge < -0.3 is 10.2 Å². The topological polar surface area (TPSA) is 32.3 Å². The van der Waals surface area contributed by atoms with E-state index >= 15 is 0 Å². The quantitative estimate of drug-likeness (QED) is 0.884. The van der Waals surface area contributed by atoms with E-state index in [2.05, 4.69) is 38.2 Å². The lowest BCUT2D eigenvalue weighted by atomic mass is 10.1. The Morgan fingerprint density at radius 1 is 1.17 bits per heavy atom. The maximum absolute atomic E-state index is 11.6. The molecular formula is C15H22N2O. The van der Waals surface area contributed by atoms with E-state index in [1.54, 1.807) is 0 Å². The molecule has 0 spiro atoms. The number of hydrogen-bond donors (Lipinski definition) is 1. The predicted molar refractivity (Wildman–Crippen MR) is 76.0 cm³/mol. The summed E-state index contributed by atoms with van der Waals surface area (Å²) in [6.45, 7) is 7.44. The van der Waals surface area contributed by atoms with Crippen LogP contribution in [0.15, 0.2) is 24.3 Å². The summed E-state index contributed by atoms with van der Waals surface area (Å²) >= 11 is 0. The lowest BCUT2D eigenvalue weighted by Crippen LogP contribution is -2.24. The minimum atomic E-state index is 0.242. The zero-order valence-electron chi connectivity index (χ0n) is 11.4. The van der Waals surface area contributed by atoms with E-state index < -0.39 is 0 Å². The number of nitrogens with one attached hydrogen (secondary N) is 1. The molecule has 3 heteroatoms. The number of anilines is 2. The van der Waals surface area contributed by atoms with Crippen LogP contribution in [0.1, 0.15) is 33.6 Å². The van der Waals surface area contributed by atoms with Gasteiger partial charge in [-0.05, 0) is 43.5 Å². The van der Waals surface area contributed by atoms with Crippen molar-refractivity contribution in [3.05, 3.63) is 24.3 Å². The molecule has 0 bridgehead atoms. The minimum Gasteiger partial charge on any atom is -0.382 e. The first kappa shape index (κ1) is 12.9. The molecule has 0 aliphatic carbocycles. The van der Waals surface area contributed by atoms with Gasteiger partial charge in [0.15, 0.2) is 0 Å². The van der Waals surface area contributed by atoms with Gasteiger partial charge in [-0.3, -0.25) is 4.79 Å². The smallest absolute Gasteiger partial charge is 0.227 e. The van der Waals surface area contributed by atoms with Gasteiger partial charge in [-0.2, -0.15) is 0 Å². The second kappa shape index (κ2) is 5.42. The van der Waals surface area contributed by atoms with Crippen LogP contribution in [0, 0.1) is 5.92 Å². The molecular weight excluding hydrogens is 224 g/mol. The van der Waals surface area contributed by atoms with Crippen molar-refractivity contribution in [3.8, 4) is 0 Å². The molecule has 1 amide bonds. The minimum absolute atomic E-state index is 0.242. The Morgan fingerprint density at radius 2 is 1.83 bits per heavy atom. The van der Waals surface area contributed by atoms with Crippen LogP contribution in [0.4, 0.5) is 11.4 Å². The molecule has 0 radical (unpaired) electrons. The molecule has 1 aliphatic rings. The van der Waals surface area contributed by atoms with E-state index in [-0.39, 0.29) is 5.91 Å². The van der Waals surface area contributed by atoms with Crippen LogP contribution >= 0.6 is 0 Å². The molecule has 1 aliphatic heterocycles. The van der Waals surface area contributed by atoms with Crippen LogP contribution in [0.2, 0.25) is 0 Å². The SMILES string of the molecule is CC(C)C(C)Nc1ccc(N2CCCC2=O)cc1. The number of carbonyl (C=O) groups is 1. The third kappa shape index (κ3) is 2.84. The van der Waals surface area contributed by atoms with Crippen LogP contribution < -0.4 is 10.2 Å². The van der Waals surface area contributed by atoms with E-state index in [9.17, 15) is 4.79 Å². The standard InChI is InChI=1S/C15H22N2O/c1-11(2)12(3)16-13-6-8-14(9-7-13)17-10-4-5-15(17)18/h6-9,11-12,16H,4-5,10H2,1-3H3. The third-order valence-electron chi connectivity index (χ3n) is 3.65. The summed E-state index contributed by atoms with van der Waals surface area (Å²) in [6, 6.07) is 8.61. The molecule has 0 saturated carbocycles. The summed E-state index contributed by atoms with van der Waals surface area (Å²) in [4.78, 5) is 13.5. The molecule has 1 heterocycles. The largest absolute Gasteiger partial charge is 0.382 e. The first-order valence-electron chi connectivity index (χ1n) is 6.75. The van der Waals surface area contributed by atoms with Gasteiger partial charge in [-0.1, -0.05) is 13.8 Å². The average molecular weight is 246 g/mol. The Kier molecular flexibility index (Phi) is 3.90. The van der Waals surface area contributed by atoms with Gasteiger partial charge >= 0.3 is 0 Å². The van der Waals surface area contributed by atoms with Crippen LogP contribution in [-0.2, 0) is 4.79 Å². The van der Waals surface area contributed by atoms with Crippen molar-refractivity contribution < 1.29 is 4.79 Å². The number of carbonyl (C=O) groups excluding carboxylic acids is 1. The summed E-state index contributed by atoms with van der Waals surface area (Å²) in [5.41, 5.74) is 2.13. The summed E-state index contributed by atoms with van der Waals surface area (Å²) in [6.07, 6.45) is 1.66. The van der Waals surface area contributed by atoms with E-state index in [0.717, 1.165) is 24.3 Å². The normalized spacial score (nSPS) is 17.3. The van der Waals surface area contributed by atoms with Crippen molar-refractivity contribution >= 4 is 17.3 Å². The molecule has 1 atom stereocenters. The summed E-state index contributed by atoms with van der Waals surface area (Å²) < 4.78 is 0. The zero-order chi connectivity index (χ0) is 13.1. The fraction of sp³-hybridized carbons (Fsp3) is 0.533. The molecule has 1 fully saturated rings. The van der Waals surface area contributed by atoms with E-state index in [1.165, 1.54) is 0 Å². The fourth-order valence-electron chi connectivity index (χ4n) is 2.09. The van der Waals surface area contributed by atoms with Gasteiger partial charge in [-0.25, -0.2) is 0 Å². The zero-order valence-corrected chi connectivity index (χ0v) is 11.4. The van der Waals surface area contributed by atoms with E-state index in [0.29, 0.717) is 18.4 Å². The van der Waals surface area contributed by atoms with Gasteiger partial charge in [0.05, 0.1) is 0 Å². The number of amides is 1. The van der Waals surface area contributed by atoms with E-state index in [4.69, 9.17) is 0 Å². The molecule has 1 aromatic rings. The Bertz CT molecular complexity index is 411. The molecule has 2 rings (SSSR count). The van der Waals surface area contributed by atoms with Crippen molar-refractivity contribution in [2.45, 2.75) is 39.7 Å². The first-order chi connectivity index (χ1) is 8.58. The Labute approximate surface area is 109 Å². The maximum atomic E-state index is 11.6. The fourth-order valence-corrected chi connectivity index (χ4v) is 2.09. The third-order valence-corrected chi connectivity index (χ3v) is 3.65. The van der Waals surface area contributed by atoms with Crippen molar-refractivity contribution in [3.63, 3.8) is 0 Å². The number of nitrogens with zero attached hydrogens (tertiary/aromatic N) is 1. The van der Waals surface area contributed by atoms with Crippen LogP contribution in [0.25, 0.3) is 0 Å². The Morgan fingerprint density at radius 3 is 2.33 bits per heavy atom.